The van der Waals surface area contributed by atoms with Crippen LogP contribution in [0.15, 0.2) is 42.5 Å². The molecular formula is C30H40N2O4. The van der Waals surface area contributed by atoms with Gasteiger partial charge in [-0.15, -0.1) is 0 Å². The van der Waals surface area contributed by atoms with Crippen LogP contribution in [0.5, 0.6) is 11.5 Å². The number of carbonyl (C=O) groups is 1. The van der Waals surface area contributed by atoms with Crippen molar-refractivity contribution in [2.45, 2.75) is 70.5 Å². The molecule has 6 nitrogen and oxygen atoms in total. The normalized spacial score (nSPS) is 19.8. The van der Waals surface area contributed by atoms with Crippen molar-refractivity contribution in [1.82, 2.24) is 4.90 Å². The summed E-state index contributed by atoms with van der Waals surface area (Å²) in [5.74, 6) is 1.28. The van der Waals surface area contributed by atoms with Gasteiger partial charge in [0.05, 0.1) is 6.61 Å². The van der Waals surface area contributed by atoms with Crippen LogP contribution in [0.2, 0.25) is 0 Å². The minimum atomic E-state index is -0.558. The maximum atomic E-state index is 12.9. The first-order chi connectivity index (χ1) is 17.3. The van der Waals surface area contributed by atoms with E-state index in [1.165, 1.54) is 38.0 Å². The summed E-state index contributed by atoms with van der Waals surface area (Å²) in [5.41, 5.74) is 1.82. The van der Waals surface area contributed by atoms with E-state index in [0.29, 0.717) is 11.3 Å². The number of rotatable bonds is 7. The average molecular weight is 493 g/mol. The van der Waals surface area contributed by atoms with Crippen molar-refractivity contribution in [2.75, 3.05) is 44.2 Å². The van der Waals surface area contributed by atoms with Crippen molar-refractivity contribution in [3.8, 4) is 11.5 Å². The van der Waals surface area contributed by atoms with E-state index >= 15 is 0 Å². The number of benzene rings is 2. The Morgan fingerprint density at radius 2 is 1.67 bits per heavy atom. The zero-order valence-corrected chi connectivity index (χ0v) is 22.1. The third-order valence-corrected chi connectivity index (χ3v) is 7.53. The number of hydrogen-bond acceptors (Lipinski definition) is 6. The molecule has 0 atom stereocenters. The highest BCUT2D eigenvalue weighted by Gasteiger charge is 2.49. The maximum absolute atomic E-state index is 12.9. The first-order valence-corrected chi connectivity index (χ1v) is 13.6. The van der Waals surface area contributed by atoms with Gasteiger partial charge < -0.3 is 24.0 Å². The van der Waals surface area contributed by atoms with Crippen LogP contribution in [-0.2, 0) is 10.3 Å². The van der Waals surface area contributed by atoms with Crippen LogP contribution < -0.4 is 14.4 Å². The number of carbonyl (C=O) groups excluding carboxylic acids is 1. The Morgan fingerprint density at radius 1 is 0.944 bits per heavy atom. The molecule has 3 aliphatic heterocycles. The fraction of sp³-hybridized carbons (Fsp3) is 0.567. The number of anilines is 1. The lowest BCUT2D eigenvalue weighted by Crippen LogP contribution is -2.42. The van der Waals surface area contributed by atoms with E-state index < -0.39 is 5.60 Å². The first-order valence-electron chi connectivity index (χ1n) is 13.6. The third-order valence-electron chi connectivity index (χ3n) is 7.53. The van der Waals surface area contributed by atoms with Crippen LogP contribution in [0, 0.1) is 0 Å². The molecule has 0 unspecified atom stereocenters. The molecule has 0 N–H and O–H groups in total. The smallest absolute Gasteiger partial charge is 0.343 e. The number of likely N-dealkylation sites (tertiary alicyclic amines) is 1. The lowest BCUT2D eigenvalue weighted by molar-refractivity contribution is -0.0211. The number of nitrogens with zero attached hydrogens (tertiary/aromatic N) is 2. The lowest BCUT2D eigenvalue weighted by atomic mass is 9.83. The first kappa shape index (κ1) is 24.9. The Kier molecular flexibility index (Phi) is 7.16. The van der Waals surface area contributed by atoms with Gasteiger partial charge in [-0.3, -0.25) is 0 Å². The van der Waals surface area contributed by atoms with Crippen molar-refractivity contribution in [3.05, 3.63) is 53.6 Å². The van der Waals surface area contributed by atoms with Gasteiger partial charge in [-0.05, 0) is 83.5 Å². The van der Waals surface area contributed by atoms with Crippen molar-refractivity contribution in [3.63, 3.8) is 0 Å². The van der Waals surface area contributed by atoms with Gasteiger partial charge in [0, 0.05) is 43.7 Å². The number of hydrogen-bond donors (Lipinski definition) is 0. The van der Waals surface area contributed by atoms with Gasteiger partial charge in [0.1, 0.15) is 28.3 Å². The van der Waals surface area contributed by atoms with Crippen molar-refractivity contribution in [2.24, 2.45) is 0 Å². The molecule has 0 radical (unpaired) electrons. The molecule has 2 aromatic carbocycles. The summed E-state index contributed by atoms with van der Waals surface area (Å²) in [5, 5.41) is 0. The van der Waals surface area contributed by atoms with E-state index in [2.05, 4.69) is 34.1 Å². The van der Waals surface area contributed by atoms with Gasteiger partial charge in [-0.25, -0.2) is 4.79 Å². The minimum absolute atomic E-state index is 0.264. The highest BCUT2D eigenvalue weighted by atomic mass is 16.6. The molecule has 36 heavy (non-hydrogen) atoms. The second kappa shape index (κ2) is 10.3. The molecule has 2 fully saturated rings. The summed E-state index contributed by atoms with van der Waals surface area (Å²) in [7, 11) is 0. The van der Waals surface area contributed by atoms with Gasteiger partial charge in [0.25, 0.3) is 0 Å². The van der Waals surface area contributed by atoms with Crippen LogP contribution >= 0.6 is 0 Å². The predicted molar refractivity (Wildman–Crippen MR) is 142 cm³/mol. The van der Waals surface area contributed by atoms with E-state index in [-0.39, 0.29) is 11.6 Å². The van der Waals surface area contributed by atoms with Crippen molar-refractivity contribution < 1.29 is 19.0 Å². The molecule has 6 heteroatoms. The van der Waals surface area contributed by atoms with Crippen molar-refractivity contribution in [1.29, 1.82) is 0 Å². The molecule has 2 aromatic rings. The number of piperidine rings is 2. The summed E-state index contributed by atoms with van der Waals surface area (Å²) in [4.78, 5) is 17.8. The second-order valence-corrected chi connectivity index (χ2v) is 11.4. The van der Waals surface area contributed by atoms with Gasteiger partial charge in [-0.2, -0.15) is 0 Å². The Balaban J connectivity index is 1.16. The molecule has 1 spiro atoms. The van der Waals surface area contributed by atoms with Gasteiger partial charge in [0.2, 0.25) is 0 Å². The molecule has 0 bridgehead atoms. The fourth-order valence-electron chi connectivity index (χ4n) is 5.73. The summed E-state index contributed by atoms with van der Waals surface area (Å²) in [6, 6.07) is 14.3. The number of esters is 1. The molecule has 5 rings (SSSR count). The fourth-order valence-corrected chi connectivity index (χ4v) is 5.73. The predicted octanol–water partition coefficient (Wildman–Crippen LogP) is 5.78. The molecule has 0 aliphatic carbocycles. The SMILES string of the molecule is CC(C)(C)Oc1cccc2c1C(=O)OC21CCN(c2ccc(OCCCN3CCCCC3)cc2)CC1. The van der Waals surface area contributed by atoms with E-state index in [4.69, 9.17) is 14.2 Å². The highest BCUT2D eigenvalue weighted by Crippen LogP contribution is 2.47. The maximum Gasteiger partial charge on any atom is 0.343 e. The topological polar surface area (TPSA) is 51.2 Å². The molecule has 0 aromatic heterocycles. The van der Waals surface area contributed by atoms with Crippen molar-refractivity contribution >= 4 is 11.7 Å². The van der Waals surface area contributed by atoms with Gasteiger partial charge in [-0.1, -0.05) is 18.6 Å². The quantitative estimate of drug-likeness (QED) is 0.360. The minimum Gasteiger partial charge on any atom is -0.494 e. The Morgan fingerprint density at radius 3 is 2.36 bits per heavy atom. The van der Waals surface area contributed by atoms with E-state index in [9.17, 15) is 4.79 Å². The lowest BCUT2D eigenvalue weighted by Gasteiger charge is -2.39. The average Bonchev–Trinajstić information content (AvgIpc) is 3.14. The zero-order valence-electron chi connectivity index (χ0n) is 22.1. The van der Waals surface area contributed by atoms with Crippen LogP contribution in [0.25, 0.3) is 0 Å². The molecular weight excluding hydrogens is 452 g/mol. The largest absolute Gasteiger partial charge is 0.494 e. The highest BCUT2D eigenvalue weighted by molar-refractivity contribution is 5.97. The molecule has 3 heterocycles. The molecule has 0 saturated carbocycles. The standard InChI is InChI=1S/C30H40N2O4/c1-29(2,3)35-26-10-7-9-25-27(26)28(33)36-30(25)15-20-32(21-16-30)23-11-13-24(14-12-23)34-22-8-19-31-17-5-4-6-18-31/h7,9-14H,4-6,8,15-22H2,1-3H3. The van der Waals surface area contributed by atoms with Crippen LogP contribution in [0.4, 0.5) is 5.69 Å². The third kappa shape index (κ3) is 5.49. The van der Waals surface area contributed by atoms with Crippen LogP contribution in [0.1, 0.15) is 75.2 Å². The van der Waals surface area contributed by atoms with E-state index in [1.54, 1.807) is 0 Å². The van der Waals surface area contributed by atoms with Crippen LogP contribution in [0.3, 0.4) is 0 Å². The summed E-state index contributed by atoms with van der Waals surface area (Å²) < 4.78 is 18.1. The number of fused-ring (bicyclic) bond motifs is 2. The monoisotopic (exact) mass is 492 g/mol. The summed E-state index contributed by atoms with van der Waals surface area (Å²) in [6.07, 6.45) is 6.64. The van der Waals surface area contributed by atoms with E-state index in [1.807, 2.05) is 39.0 Å². The van der Waals surface area contributed by atoms with Gasteiger partial charge in [0.15, 0.2) is 0 Å². The second-order valence-electron chi connectivity index (χ2n) is 11.4. The zero-order chi connectivity index (χ0) is 25.2. The molecule has 2 saturated heterocycles. The Hall–Kier alpha value is -2.73. The van der Waals surface area contributed by atoms with Gasteiger partial charge >= 0.3 is 5.97 Å². The molecule has 3 aliphatic rings. The van der Waals surface area contributed by atoms with Crippen LogP contribution in [-0.4, -0.2) is 55.8 Å². The molecule has 0 amide bonds. The van der Waals surface area contributed by atoms with E-state index in [0.717, 1.165) is 56.8 Å². The molecule has 194 valence electrons. The summed E-state index contributed by atoms with van der Waals surface area (Å²) >= 11 is 0. The summed E-state index contributed by atoms with van der Waals surface area (Å²) in [6.45, 7) is 12.0. The Labute approximate surface area is 215 Å². The Bertz CT molecular complexity index is 1050. The number of ether oxygens (including phenoxy) is 3.